The van der Waals surface area contributed by atoms with Crippen LogP contribution in [0.1, 0.15) is 35.7 Å². The van der Waals surface area contributed by atoms with Crippen LogP contribution >= 0.6 is 0 Å². The minimum Gasteiger partial charge on any atom is -0.478 e. The average Bonchev–Trinajstić information content (AvgIpc) is 2.81. The van der Waals surface area contributed by atoms with Crippen molar-refractivity contribution in [2.75, 3.05) is 13.6 Å². The number of aromatic nitrogens is 2. The maximum atomic E-state index is 11.2. The molecule has 102 valence electrons. The summed E-state index contributed by atoms with van der Waals surface area (Å²) in [4.78, 5) is 13.4. The van der Waals surface area contributed by atoms with E-state index in [0.717, 1.165) is 31.5 Å². The largest absolute Gasteiger partial charge is 0.478 e. The molecule has 0 amide bonds. The van der Waals surface area contributed by atoms with Crippen LogP contribution in [0.15, 0.2) is 24.5 Å². The van der Waals surface area contributed by atoms with Crippen molar-refractivity contribution < 1.29 is 9.90 Å². The molecule has 0 radical (unpaired) electrons. The van der Waals surface area contributed by atoms with Gasteiger partial charge in [0.25, 0.3) is 0 Å². The zero-order valence-electron chi connectivity index (χ0n) is 11.3. The van der Waals surface area contributed by atoms with Crippen LogP contribution in [-0.2, 0) is 6.54 Å². The quantitative estimate of drug-likeness (QED) is 0.866. The van der Waals surface area contributed by atoms with Crippen LogP contribution in [0.2, 0.25) is 0 Å². The third-order valence-corrected chi connectivity index (χ3v) is 3.19. The molecule has 0 fully saturated rings. The van der Waals surface area contributed by atoms with Crippen LogP contribution in [0.4, 0.5) is 0 Å². The van der Waals surface area contributed by atoms with Crippen LogP contribution in [0, 0.1) is 0 Å². The van der Waals surface area contributed by atoms with E-state index >= 15 is 0 Å². The summed E-state index contributed by atoms with van der Waals surface area (Å²) in [5.74, 6) is -0.932. The molecule has 0 spiro atoms. The molecule has 0 saturated heterocycles. The number of carbonyl (C=O) groups is 1. The Kier molecular flexibility index (Phi) is 4.16. The van der Waals surface area contributed by atoms with Gasteiger partial charge in [-0.1, -0.05) is 19.4 Å². The Morgan fingerprint density at radius 2 is 2.32 bits per heavy atom. The standard InChI is InChI=1S/C14H19N3O2/c1-3-4-7-16(2)10-11-6-5-8-17-13(11)12(9-15-17)14(18)19/h5-6,8-9H,3-4,7,10H2,1-2H3,(H,18,19). The molecule has 0 aromatic carbocycles. The van der Waals surface area contributed by atoms with Gasteiger partial charge in [-0.2, -0.15) is 5.10 Å². The molecular weight excluding hydrogens is 242 g/mol. The lowest BCUT2D eigenvalue weighted by Gasteiger charge is -2.17. The highest BCUT2D eigenvalue weighted by atomic mass is 16.4. The number of hydrogen-bond donors (Lipinski definition) is 1. The van der Waals surface area contributed by atoms with Crippen molar-refractivity contribution in [2.45, 2.75) is 26.3 Å². The normalized spacial score (nSPS) is 11.3. The predicted octanol–water partition coefficient (Wildman–Crippen LogP) is 2.26. The number of hydrogen-bond acceptors (Lipinski definition) is 3. The Hall–Kier alpha value is -1.88. The first-order valence-corrected chi connectivity index (χ1v) is 6.50. The molecule has 0 bridgehead atoms. The predicted molar refractivity (Wildman–Crippen MR) is 73.4 cm³/mol. The molecule has 5 heteroatoms. The number of unbranched alkanes of at least 4 members (excludes halogenated alkanes) is 1. The Bertz CT molecular complexity index is 577. The van der Waals surface area contributed by atoms with Crippen LogP contribution in [-0.4, -0.2) is 39.2 Å². The highest BCUT2D eigenvalue weighted by Gasteiger charge is 2.15. The van der Waals surface area contributed by atoms with E-state index in [-0.39, 0.29) is 5.56 Å². The lowest BCUT2D eigenvalue weighted by atomic mass is 10.1. The third kappa shape index (κ3) is 2.93. The second-order valence-electron chi connectivity index (χ2n) is 4.78. The molecule has 2 rings (SSSR count). The van der Waals surface area contributed by atoms with Crippen LogP contribution in [0.3, 0.4) is 0 Å². The topological polar surface area (TPSA) is 57.8 Å². The van der Waals surface area contributed by atoms with Gasteiger partial charge in [-0.25, -0.2) is 9.31 Å². The smallest absolute Gasteiger partial charge is 0.339 e. The second-order valence-corrected chi connectivity index (χ2v) is 4.78. The Morgan fingerprint density at radius 3 is 3.00 bits per heavy atom. The minimum atomic E-state index is -0.932. The number of carboxylic acids is 1. The van der Waals surface area contributed by atoms with E-state index in [2.05, 4.69) is 24.0 Å². The number of pyridine rings is 1. The molecule has 5 nitrogen and oxygen atoms in total. The van der Waals surface area contributed by atoms with Crippen molar-refractivity contribution >= 4 is 11.5 Å². The van der Waals surface area contributed by atoms with Gasteiger partial charge < -0.3 is 10.0 Å². The number of carboxylic acid groups (broad SMARTS) is 1. The lowest BCUT2D eigenvalue weighted by Crippen LogP contribution is -2.19. The van der Waals surface area contributed by atoms with Gasteiger partial charge in [0, 0.05) is 12.7 Å². The first-order chi connectivity index (χ1) is 9.13. The van der Waals surface area contributed by atoms with E-state index in [1.807, 2.05) is 12.1 Å². The van der Waals surface area contributed by atoms with Crippen LogP contribution in [0.5, 0.6) is 0 Å². The summed E-state index contributed by atoms with van der Waals surface area (Å²) in [5.41, 5.74) is 1.95. The molecule has 0 aliphatic carbocycles. The molecule has 19 heavy (non-hydrogen) atoms. The number of fused-ring (bicyclic) bond motifs is 1. The van der Waals surface area contributed by atoms with E-state index in [0.29, 0.717) is 5.52 Å². The van der Waals surface area contributed by atoms with E-state index in [4.69, 9.17) is 0 Å². The van der Waals surface area contributed by atoms with Gasteiger partial charge in [0.1, 0.15) is 5.56 Å². The number of rotatable bonds is 6. The van der Waals surface area contributed by atoms with Crippen LogP contribution in [0.25, 0.3) is 5.52 Å². The van der Waals surface area contributed by atoms with Crippen molar-refractivity contribution in [3.63, 3.8) is 0 Å². The van der Waals surface area contributed by atoms with Gasteiger partial charge in [0.05, 0.1) is 11.7 Å². The van der Waals surface area contributed by atoms with Crippen molar-refractivity contribution in [1.29, 1.82) is 0 Å². The van der Waals surface area contributed by atoms with E-state index in [9.17, 15) is 9.90 Å². The summed E-state index contributed by atoms with van der Waals surface area (Å²) >= 11 is 0. The summed E-state index contributed by atoms with van der Waals surface area (Å²) in [6.07, 6.45) is 5.48. The van der Waals surface area contributed by atoms with Crippen LogP contribution < -0.4 is 0 Å². The summed E-state index contributed by atoms with van der Waals surface area (Å²) in [6, 6.07) is 3.86. The monoisotopic (exact) mass is 261 g/mol. The number of nitrogens with zero attached hydrogens (tertiary/aromatic N) is 3. The first kappa shape index (κ1) is 13.5. The SMILES string of the molecule is CCCCN(C)Cc1cccn2ncc(C(=O)O)c12. The van der Waals surface area contributed by atoms with Crippen molar-refractivity contribution in [3.05, 3.63) is 35.7 Å². The first-order valence-electron chi connectivity index (χ1n) is 6.50. The molecular formula is C14H19N3O2. The van der Waals surface area contributed by atoms with Gasteiger partial charge in [0.2, 0.25) is 0 Å². The van der Waals surface area contributed by atoms with E-state index in [1.54, 1.807) is 10.7 Å². The summed E-state index contributed by atoms with van der Waals surface area (Å²) in [5, 5.41) is 13.3. The minimum absolute atomic E-state index is 0.263. The molecule has 0 aliphatic heterocycles. The Labute approximate surface area is 112 Å². The summed E-state index contributed by atoms with van der Waals surface area (Å²) in [7, 11) is 2.05. The fourth-order valence-corrected chi connectivity index (χ4v) is 2.20. The molecule has 0 saturated carbocycles. The van der Waals surface area contributed by atoms with Gasteiger partial charge in [-0.15, -0.1) is 0 Å². The van der Waals surface area contributed by atoms with Gasteiger partial charge in [-0.3, -0.25) is 0 Å². The highest BCUT2D eigenvalue weighted by molar-refractivity contribution is 5.96. The van der Waals surface area contributed by atoms with Gasteiger partial charge in [0.15, 0.2) is 0 Å². The fraction of sp³-hybridized carbons (Fsp3) is 0.429. The maximum Gasteiger partial charge on any atom is 0.339 e. The van der Waals surface area contributed by atoms with Gasteiger partial charge in [-0.05, 0) is 31.6 Å². The van der Waals surface area contributed by atoms with E-state index in [1.165, 1.54) is 6.20 Å². The Balaban J connectivity index is 2.31. The van der Waals surface area contributed by atoms with E-state index < -0.39 is 5.97 Å². The lowest BCUT2D eigenvalue weighted by molar-refractivity contribution is 0.0699. The molecule has 0 aliphatic rings. The molecule has 2 heterocycles. The molecule has 0 atom stereocenters. The molecule has 1 N–H and O–H groups in total. The third-order valence-electron chi connectivity index (χ3n) is 3.19. The zero-order valence-corrected chi connectivity index (χ0v) is 11.3. The summed E-state index contributed by atoms with van der Waals surface area (Å²) in [6.45, 7) is 3.90. The zero-order chi connectivity index (χ0) is 13.8. The van der Waals surface area contributed by atoms with Crippen molar-refractivity contribution in [3.8, 4) is 0 Å². The maximum absolute atomic E-state index is 11.2. The van der Waals surface area contributed by atoms with Gasteiger partial charge >= 0.3 is 5.97 Å². The molecule has 2 aromatic heterocycles. The Morgan fingerprint density at radius 1 is 1.53 bits per heavy atom. The highest BCUT2D eigenvalue weighted by Crippen LogP contribution is 2.17. The fourth-order valence-electron chi connectivity index (χ4n) is 2.20. The number of aromatic carboxylic acids is 1. The summed E-state index contributed by atoms with van der Waals surface area (Å²) < 4.78 is 1.63. The van der Waals surface area contributed by atoms with Crippen molar-refractivity contribution in [1.82, 2.24) is 14.5 Å². The average molecular weight is 261 g/mol. The molecule has 2 aromatic rings. The second kappa shape index (κ2) is 5.84. The van der Waals surface area contributed by atoms with Crippen molar-refractivity contribution in [2.24, 2.45) is 0 Å². The molecule has 0 unspecified atom stereocenters.